The standard InChI is InChI=1S/C14H23F2NO4/c1-13(2,3)21-12(20)17-9-14(15,16)8-10(17)6-4-5-7-11(18)19/h10H,4-9H2,1-3H3,(H,18,19)/t10-/m0/s1. The number of hydrogen-bond acceptors (Lipinski definition) is 3. The summed E-state index contributed by atoms with van der Waals surface area (Å²) in [5.74, 6) is -3.82. The molecule has 1 aliphatic heterocycles. The van der Waals surface area contributed by atoms with Gasteiger partial charge >= 0.3 is 12.1 Å². The van der Waals surface area contributed by atoms with Gasteiger partial charge < -0.3 is 9.84 Å². The number of nitrogens with zero attached hydrogens (tertiary/aromatic N) is 1. The lowest BCUT2D eigenvalue weighted by Gasteiger charge is -2.28. The van der Waals surface area contributed by atoms with Gasteiger partial charge in [0.05, 0.1) is 6.54 Å². The Morgan fingerprint density at radius 1 is 1.33 bits per heavy atom. The summed E-state index contributed by atoms with van der Waals surface area (Å²) >= 11 is 0. The van der Waals surface area contributed by atoms with Gasteiger partial charge in [-0.3, -0.25) is 9.69 Å². The fourth-order valence-corrected chi connectivity index (χ4v) is 2.35. The van der Waals surface area contributed by atoms with Crippen molar-refractivity contribution in [2.75, 3.05) is 6.54 Å². The second-order valence-electron chi connectivity index (χ2n) is 6.46. The molecule has 0 aromatic heterocycles. The molecular weight excluding hydrogens is 284 g/mol. The van der Waals surface area contributed by atoms with Crippen LogP contribution >= 0.6 is 0 Å². The van der Waals surface area contributed by atoms with Gasteiger partial charge in [-0.25, -0.2) is 13.6 Å². The molecule has 0 aliphatic carbocycles. The Labute approximate surface area is 123 Å². The second kappa shape index (κ2) is 6.58. The van der Waals surface area contributed by atoms with Crippen LogP contribution in [0.4, 0.5) is 13.6 Å². The van der Waals surface area contributed by atoms with Gasteiger partial charge in [0, 0.05) is 18.9 Å². The molecule has 1 rings (SSSR count). The monoisotopic (exact) mass is 307 g/mol. The molecule has 122 valence electrons. The minimum atomic E-state index is -2.91. The highest BCUT2D eigenvalue weighted by molar-refractivity contribution is 5.69. The number of alkyl halides is 2. The third kappa shape index (κ3) is 6.27. The molecule has 1 amide bonds. The average molecular weight is 307 g/mol. The number of carbonyl (C=O) groups excluding carboxylic acids is 1. The van der Waals surface area contributed by atoms with Crippen LogP contribution in [-0.2, 0) is 9.53 Å². The van der Waals surface area contributed by atoms with Gasteiger partial charge in [-0.05, 0) is 33.6 Å². The zero-order valence-electron chi connectivity index (χ0n) is 12.7. The molecule has 1 N–H and O–H groups in total. The van der Waals surface area contributed by atoms with E-state index in [2.05, 4.69) is 0 Å². The zero-order chi connectivity index (χ0) is 16.3. The van der Waals surface area contributed by atoms with E-state index in [-0.39, 0.29) is 12.8 Å². The van der Waals surface area contributed by atoms with Crippen molar-refractivity contribution in [1.82, 2.24) is 4.90 Å². The van der Waals surface area contributed by atoms with Crippen molar-refractivity contribution >= 4 is 12.1 Å². The molecule has 1 fully saturated rings. The van der Waals surface area contributed by atoms with Crippen LogP contribution in [0.15, 0.2) is 0 Å². The largest absolute Gasteiger partial charge is 0.481 e. The van der Waals surface area contributed by atoms with E-state index < -0.39 is 36.2 Å². The number of aliphatic carboxylic acids is 1. The molecule has 7 heteroatoms. The summed E-state index contributed by atoms with van der Waals surface area (Å²) in [5, 5.41) is 8.55. The molecule has 1 atom stereocenters. The number of unbranched alkanes of at least 4 members (excludes halogenated alkanes) is 1. The highest BCUT2D eigenvalue weighted by Gasteiger charge is 2.47. The van der Waals surface area contributed by atoms with Crippen molar-refractivity contribution in [2.24, 2.45) is 0 Å². The molecule has 0 spiro atoms. The second-order valence-corrected chi connectivity index (χ2v) is 6.46. The molecule has 1 aliphatic rings. The van der Waals surface area contributed by atoms with Crippen LogP contribution in [0.3, 0.4) is 0 Å². The van der Waals surface area contributed by atoms with E-state index in [1.807, 2.05) is 0 Å². The Hall–Kier alpha value is -1.40. The van der Waals surface area contributed by atoms with Gasteiger partial charge in [-0.15, -0.1) is 0 Å². The average Bonchev–Trinajstić information content (AvgIpc) is 2.58. The number of amides is 1. The van der Waals surface area contributed by atoms with Gasteiger partial charge in [0.15, 0.2) is 0 Å². The highest BCUT2D eigenvalue weighted by Crippen LogP contribution is 2.35. The molecular formula is C14H23F2NO4. The van der Waals surface area contributed by atoms with Crippen LogP contribution in [0.1, 0.15) is 52.9 Å². The first-order chi connectivity index (χ1) is 9.50. The van der Waals surface area contributed by atoms with E-state index in [0.717, 1.165) is 4.90 Å². The van der Waals surface area contributed by atoms with Crippen LogP contribution in [0.2, 0.25) is 0 Å². The van der Waals surface area contributed by atoms with E-state index in [1.54, 1.807) is 20.8 Å². The predicted octanol–water partition coefficient (Wildman–Crippen LogP) is 3.28. The SMILES string of the molecule is CC(C)(C)OC(=O)N1CC(F)(F)C[C@@H]1CCCCC(=O)O. The van der Waals surface area contributed by atoms with E-state index in [0.29, 0.717) is 19.3 Å². The van der Waals surface area contributed by atoms with Crippen LogP contribution < -0.4 is 0 Å². The lowest BCUT2D eigenvalue weighted by atomic mass is 10.1. The fourth-order valence-electron chi connectivity index (χ4n) is 2.35. The van der Waals surface area contributed by atoms with Crippen LogP contribution in [0.25, 0.3) is 0 Å². The molecule has 0 aromatic carbocycles. The molecule has 5 nitrogen and oxygen atoms in total. The number of likely N-dealkylation sites (tertiary alicyclic amines) is 1. The topological polar surface area (TPSA) is 66.8 Å². The number of rotatable bonds is 5. The maximum absolute atomic E-state index is 13.5. The summed E-state index contributed by atoms with van der Waals surface area (Å²) in [4.78, 5) is 23.5. The van der Waals surface area contributed by atoms with Crippen molar-refractivity contribution in [1.29, 1.82) is 0 Å². The molecule has 0 aromatic rings. The van der Waals surface area contributed by atoms with Crippen molar-refractivity contribution in [3.05, 3.63) is 0 Å². The van der Waals surface area contributed by atoms with E-state index >= 15 is 0 Å². The van der Waals surface area contributed by atoms with Crippen molar-refractivity contribution in [3.8, 4) is 0 Å². The highest BCUT2D eigenvalue weighted by atomic mass is 19.3. The number of halogens is 2. The molecule has 0 unspecified atom stereocenters. The van der Waals surface area contributed by atoms with E-state index in [4.69, 9.17) is 9.84 Å². The van der Waals surface area contributed by atoms with Crippen LogP contribution in [0.5, 0.6) is 0 Å². The van der Waals surface area contributed by atoms with Crippen molar-refractivity contribution < 1.29 is 28.2 Å². The minimum Gasteiger partial charge on any atom is -0.481 e. The maximum Gasteiger partial charge on any atom is 0.410 e. The maximum atomic E-state index is 13.5. The Morgan fingerprint density at radius 2 is 1.95 bits per heavy atom. The predicted molar refractivity (Wildman–Crippen MR) is 72.4 cm³/mol. The summed E-state index contributed by atoms with van der Waals surface area (Å²) in [6, 6.07) is -0.594. The lowest BCUT2D eigenvalue weighted by Crippen LogP contribution is -2.40. The molecule has 1 saturated heterocycles. The Kier molecular flexibility index (Phi) is 5.53. The first-order valence-corrected chi connectivity index (χ1v) is 7.09. The van der Waals surface area contributed by atoms with Gasteiger partial charge in [-0.2, -0.15) is 0 Å². The summed E-state index contributed by atoms with van der Waals surface area (Å²) in [5.41, 5.74) is -0.733. The van der Waals surface area contributed by atoms with Gasteiger partial charge in [0.25, 0.3) is 5.92 Å². The van der Waals surface area contributed by atoms with Crippen LogP contribution in [0, 0.1) is 0 Å². The Morgan fingerprint density at radius 3 is 2.48 bits per heavy atom. The van der Waals surface area contributed by atoms with Crippen LogP contribution in [-0.4, -0.2) is 46.2 Å². The number of carboxylic acid groups (broad SMARTS) is 1. The first kappa shape index (κ1) is 17.7. The van der Waals surface area contributed by atoms with Gasteiger partial charge in [-0.1, -0.05) is 6.42 Å². The summed E-state index contributed by atoms with van der Waals surface area (Å²) in [6.45, 7) is 4.41. The summed E-state index contributed by atoms with van der Waals surface area (Å²) < 4.78 is 32.2. The molecule has 1 heterocycles. The molecule has 0 radical (unpaired) electrons. The third-order valence-electron chi connectivity index (χ3n) is 3.18. The number of carbonyl (C=O) groups is 2. The zero-order valence-corrected chi connectivity index (χ0v) is 12.7. The Balaban J connectivity index is 2.58. The van der Waals surface area contributed by atoms with Crippen molar-refractivity contribution in [3.63, 3.8) is 0 Å². The third-order valence-corrected chi connectivity index (χ3v) is 3.18. The first-order valence-electron chi connectivity index (χ1n) is 7.09. The summed E-state index contributed by atoms with van der Waals surface area (Å²) in [7, 11) is 0. The van der Waals surface area contributed by atoms with Gasteiger partial charge in [0.1, 0.15) is 5.60 Å². The number of ether oxygens (including phenoxy) is 1. The van der Waals surface area contributed by atoms with E-state index in [1.165, 1.54) is 0 Å². The van der Waals surface area contributed by atoms with E-state index in [9.17, 15) is 18.4 Å². The lowest BCUT2D eigenvalue weighted by molar-refractivity contribution is -0.137. The minimum absolute atomic E-state index is 0.00947. The molecule has 0 bridgehead atoms. The molecule has 21 heavy (non-hydrogen) atoms. The van der Waals surface area contributed by atoms with Crippen molar-refractivity contribution in [2.45, 2.75) is 70.4 Å². The molecule has 0 saturated carbocycles. The van der Waals surface area contributed by atoms with Gasteiger partial charge in [0.2, 0.25) is 0 Å². The smallest absolute Gasteiger partial charge is 0.410 e. The number of hydrogen-bond donors (Lipinski definition) is 1. The fraction of sp³-hybridized carbons (Fsp3) is 0.857. The quantitative estimate of drug-likeness (QED) is 0.792. The number of carboxylic acids is 1. The Bertz CT molecular complexity index is 393. The summed E-state index contributed by atoms with van der Waals surface area (Å²) in [6.07, 6.45) is 0.158. The normalized spacial score (nSPS) is 21.4.